The van der Waals surface area contributed by atoms with Crippen LogP contribution in [0.3, 0.4) is 0 Å². The van der Waals surface area contributed by atoms with Gasteiger partial charge in [-0.2, -0.15) is 0 Å². The number of aromatic nitrogens is 4. The molecule has 2 unspecified atom stereocenters. The molecule has 3 aromatic rings. The molecule has 4 heterocycles. The van der Waals surface area contributed by atoms with Crippen LogP contribution in [0.25, 0.3) is 22.5 Å². The van der Waals surface area contributed by atoms with Crippen LogP contribution in [-0.2, 0) is 0 Å². The number of phenols is 1. The zero-order valence-electron chi connectivity index (χ0n) is 17.9. The van der Waals surface area contributed by atoms with Crippen LogP contribution in [0.1, 0.15) is 19.3 Å². The summed E-state index contributed by atoms with van der Waals surface area (Å²) in [7, 11) is 3.41. The highest BCUT2D eigenvalue weighted by Gasteiger charge is 2.43. The lowest BCUT2D eigenvalue weighted by Gasteiger charge is -2.38. The molecule has 0 spiro atoms. The maximum Gasteiger partial charge on any atom is 0.216 e. The lowest BCUT2D eigenvalue weighted by Crippen LogP contribution is -2.55. The average molecular weight is 436 g/mol. The molecule has 0 aliphatic carbocycles. The molecule has 1 aromatic carbocycles. The van der Waals surface area contributed by atoms with E-state index < -0.39 is 6.17 Å². The number of anilines is 1. The van der Waals surface area contributed by atoms with Gasteiger partial charge in [0.15, 0.2) is 0 Å². The second-order valence-corrected chi connectivity index (χ2v) is 8.34. The van der Waals surface area contributed by atoms with Crippen molar-refractivity contribution in [1.82, 2.24) is 25.3 Å². The average Bonchev–Trinajstić information content (AvgIpc) is 3.24. The summed E-state index contributed by atoms with van der Waals surface area (Å²) in [5.74, 6) is 1.13. The van der Waals surface area contributed by atoms with Gasteiger partial charge in [-0.15, -0.1) is 0 Å². The number of hydrogen-bond acceptors (Lipinski definition) is 8. The Kier molecular flexibility index (Phi) is 5.34. The van der Waals surface area contributed by atoms with Crippen LogP contribution < -0.4 is 15.0 Å². The Labute approximate surface area is 185 Å². The highest BCUT2D eigenvalue weighted by molar-refractivity contribution is 5.73. The number of benzene rings is 1. The number of nitrogens with zero attached hydrogens (tertiary/aromatic N) is 5. The van der Waals surface area contributed by atoms with Gasteiger partial charge in [-0.25, -0.2) is 19.3 Å². The van der Waals surface area contributed by atoms with Crippen LogP contribution in [0.2, 0.25) is 0 Å². The highest BCUT2D eigenvalue weighted by atomic mass is 19.1. The van der Waals surface area contributed by atoms with Gasteiger partial charge < -0.3 is 20.1 Å². The molecule has 32 heavy (non-hydrogen) atoms. The summed E-state index contributed by atoms with van der Waals surface area (Å²) < 4.78 is 20.0. The zero-order chi connectivity index (χ0) is 22.2. The number of halogens is 1. The molecule has 5 rings (SSSR count). The van der Waals surface area contributed by atoms with E-state index in [0.29, 0.717) is 34.7 Å². The van der Waals surface area contributed by atoms with Crippen molar-refractivity contribution in [1.29, 1.82) is 0 Å². The number of phenolic OH excluding ortho intramolecular Hbond substituents is 1. The number of ether oxygens (including phenoxy) is 1. The summed E-state index contributed by atoms with van der Waals surface area (Å²) in [5.41, 5.74) is 2.46. The van der Waals surface area contributed by atoms with Gasteiger partial charge in [0.2, 0.25) is 5.88 Å². The van der Waals surface area contributed by atoms with Crippen molar-refractivity contribution in [2.45, 2.75) is 43.6 Å². The number of rotatable bonds is 5. The Morgan fingerprint density at radius 2 is 1.97 bits per heavy atom. The summed E-state index contributed by atoms with van der Waals surface area (Å²) in [5, 5.41) is 14.0. The maximum absolute atomic E-state index is 14.9. The lowest BCUT2D eigenvalue weighted by molar-refractivity contribution is 0.176. The minimum Gasteiger partial charge on any atom is -0.507 e. The van der Waals surface area contributed by atoms with E-state index in [2.05, 4.69) is 25.3 Å². The summed E-state index contributed by atoms with van der Waals surface area (Å²) in [4.78, 5) is 19.1. The molecule has 8 nitrogen and oxygen atoms in total. The lowest BCUT2D eigenvalue weighted by atomic mass is 9.96. The van der Waals surface area contributed by atoms with Gasteiger partial charge in [-0.1, -0.05) is 6.07 Å². The van der Waals surface area contributed by atoms with Crippen LogP contribution >= 0.6 is 0 Å². The van der Waals surface area contributed by atoms with Crippen molar-refractivity contribution < 1.29 is 14.2 Å². The Balaban J connectivity index is 1.35. The molecule has 2 aromatic heterocycles. The van der Waals surface area contributed by atoms with Crippen molar-refractivity contribution in [3.63, 3.8) is 0 Å². The first-order valence-electron chi connectivity index (χ1n) is 10.7. The Bertz CT molecular complexity index is 1110. The quantitative estimate of drug-likeness (QED) is 0.630. The van der Waals surface area contributed by atoms with Crippen LogP contribution in [0.15, 0.2) is 43.0 Å². The Hall–Kier alpha value is -3.33. The van der Waals surface area contributed by atoms with Crippen LogP contribution in [-0.4, -0.2) is 63.5 Å². The topological polar surface area (TPSA) is 96.3 Å². The predicted molar refractivity (Wildman–Crippen MR) is 118 cm³/mol. The van der Waals surface area contributed by atoms with Gasteiger partial charge in [0.1, 0.15) is 24.1 Å². The van der Waals surface area contributed by atoms with Crippen LogP contribution in [0, 0.1) is 0 Å². The number of methoxy groups -OCH3 is 1. The fourth-order valence-corrected chi connectivity index (χ4v) is 4.68. The molecule has 2 fully saturated rings. The smallest absolute Gasteiger partial charge is 0.216 e. The fraction of sp³-hybridized carbons (Fsp3) is 0.391. The second-order valence-electron chi connectivity index (χ2n) is 8.34. The van der Waals surface area contributed by atoms with Crippen molar-refractivity contribution >= 4 is 5.82 Å². The number of nitrogens with one attached hydrogen (secondary N) is 1. The number of piperidine rings is 1. The van der Waals surface area contributed by atoms with Gasteiger partial charge >= 0.3 is 0 Å². The van der Waals surface area contributed by atoms with E-state index in [4.69, 9.17) is 4.74 Å². The van der Waals surface area contributed by atoms with Gasteiger partial charge in [0.25, 0.3) is 0 Å². The molecule has 2 bridgehead atoms. The molecule has 2 saturated heterocycles. The van der Waals surface area contributed by atoms with Crippen molar-refractivity contribution in [3.05, 3.63) is 43.0 Å². The summed E-state index contributed by atoms with van der Waals surface area (Å²) in [6.07, 6.45) is 6.39. The van der Waals surface area contributed by atoms with E-state index in [-0.39, 0.29) is 17.8 Å². The minimum atomic E-state index is -0.933. The third-order valence-corrected chi connectivity index (χ3v) is 6.47. The van der Waals surface area contributed by atoms with E-state index in [1.807, 2.05) is 18.0 Å². The number of hydrogen-bond donors (Lipinski definition) is 2. The summed E-state index contributed by atoms with van der Waals surface area (Å²) in [6, 6.07) is 7.02. The summed E-state index contributed by atoms with van der Waals surface area (Å²) in [6.45, 7) is 0. The third-order valence-electron chi connectivity index (χ3n) is 6.47. The molecule has 2 aliphatic rings. The van der Waals surface area contributed by atoms with Gasteiger partial charge in [-0.3, -0.25) is 4.98 Å². The van der Waals surface area contributed by atoms with E-state index >= 15 is 0 Å². The van der Waals surface area contributed by atoms with E-state index in [0.717, 1.165) is 24.8 Å². The van der Waals surface area contributed by atoms with Crippen molar-refractivity contribution in [2.75, 3.05) is 19.1 Å². The number of fused-ring (bicyclic) bond motifs is 2. The number of aromatic hydroxyl groups is 1. The second kappa shape index (κ2) is 8.31. The monoisotopic (exact) mass is 436 g/mol. The first kappa shape index (κ1) is 20.6. The largest absolute Gasteiger partial charge is 0.507 e. The van der Waals surface area contributed by atoms with Crippen LogP contribution in [0.4, 0.5) is 10.2 Å². The van der Waals surface area contributed by atoms with Gasteiger partial charge in [-0.05, 0) is 31.4 Å². The normalized spacial score (nSPS) is 24.3. The maximum atomic E-state index is 14.9. The molecule has 0 radical (unpaired) electrons. The highest BCUT2D eigenvalue weighted by Crippen LogP contribution is 2.35. The standard InChI is InChI=1S/C23H25FN6O2/c1-30(19-8-14-4-6-16(29-14)23(19)24)21-11-25-18(10-26-21)15-5-3-13(7-20(15)31)17-9-22(32-2)28-12-27-17/h3,5,7,9-12,14,16,19,23,29,31H,4,6,8H2,1-2H3/t14?,16?,19-,23+/m0/s1. The molecular formula is C23H25FN6O2. The van der Waals surface area contributed by atoms with Crippen molar-refractivity contribution in [2.24, 2.45) is 0 Å². The van der Waals surface area contributed by atoms with Gasteiger partial charge in [0.05, 0.1) is 36.9 Å². The van der Waals surface area contributed by atoms with E-state index in [1.165, 1.54) is 13.4 Å². The zero-order valence-corrected chi connectivity index (χ0v) is 17.9. The van der Waals surface area contributed by atoms with Gasteiger partial charge in [0, 0.05) is 36.3 Å². The molecule has 0 amide bonds. The predicted octanol–water partition coefficient (Wildman–Crippen LogP) is 2.98. The van der Waals surface area contributed by atoms with Crippen molar-refractivity contribution in [3.8, 4) is 34.1 Å². The molecule has 166 valence electrons. The first-order valence-corrected chi connectivity index (χ1v) is 10.7. The molecule has 2 aliphatic heterocycles. The third kappa shape index (κ3) is 3.73. The van der Waals surface area contributed by atoms with E-state index in [9.17, 15) is 9.50 Å². The fourth-order valence-electron chi connectivity index (χ4n) is 4.68. The summed E-state index contributed by atoms with van der Waals surface area (Å²) >= 11 is 0. The minimum absolute atomic E-state index is 0.0641. The molecular weight excluding hydrogens is 411 g/mol. The molecule has 2 N–H and O–H groups in total. The van der Waals surface area contributed by atoms with E-state index in [1.54, 1.807) is 30.6 Å². The molecule has 0 saturated carbocycles. The molecule has 9 heteroatoms. The molecule has 4 atom stereocenters. The number of alkyl halides is 1. The van der Waals surface area contributed by atoms with Crippen LogP contribution in [0.5, 0.6) is 11.6 Å². The first-order chi connectivity index (χ1) is 15.5. The Morgan fingerprint density at radius 3 is 2.72 bits per heavy atom. The Morgan fingerprint density at radius 1 is 1.09 bits per heavy atom. The SMILES string of the molecule is COc1cc(-c2ccc(-c3cnc(N(C)[C@H]4CC5CCC(N5)[C@H]4F)cn3)c(O)c2)ncn1.